The number of alkyl carbamates (subject to hydrolysis) is 1. The number of nitrogens with zero attached hydrogens (tertiary/aromatic N) is 1. The Morgan fingerprint density at radius 2 is 1.77 bits per heavy atom. The van der Waals surface area contributed by atoms with Gasteiger partial charge in [-0.2, -0.15) is 4.31 Å². The minimum absolute atomic E-state index is 0.0457. The first-order valence-corrected chi connectivity index (χ1v) is 15.6. The van der Waals surface area contributed by atoms with Crippen molar-refractivity contribution >= 4 is 44.6 Å². The Labute approximate surface area is 252 Å². The van der Waals surface area contributed by atoms with Gasteiger partial charge in [0.1, 0.15) is 6.04 Å². The van der Waals surface area contributed by atoms with E-state index in [1.807, 2.05) is 38.1 Å². The molecule has 3 aromatic rings. The summed E-state index contributed by atoms with van der Waals surface area (Å²) in [7, 11) is -2.77. The van der Waals surface area contributed by atoms with Gasteiger partial charge in [-0.05, 0) is 54.7 Å². The average Bonchev–Trinajstić information content (AvgIpc) is 3.37. The van der Waals surface area contributed by atoms with E-state index in [0.29, 0.717) is 18.5 Å². The number of methoxy groups -OCH3 is 1. The summed E-state index contributed by atoms with van der Waals surface area (Å²) in [6, 6.07) is 11.8. The molecular formula is C30H41N5O7S. The number of unbranched alkanes of at least 4 members (excludes halogenated alkanes) is 1. The molecule has 43 heavy (non-hydrogen) atoms. The Kier molecular flexibility index (Phi) is 12.0. The van der Waals surface area contributed by atoms with E-state index in [9.17, 15) is 27.9 Å². The molecule has 0 saturated heterocycles. The van der Waals surface area contributed by atoms with Crippen LogP contribution in [0.2, 0.25) is 0 Å². The Morgan fingerprint density at radius 1 is 1.07 bits per heavy atom. The predicted molar refractivity (Wildman–Crippen MR) is 164 cm³/mol. The molecule has 0 aliphatic heterocycles. The van der Waals surface area contributed by atoms with Crippen LogP contribution in [0.25, 0.3) is 10.9 Å². The van der Waals surface area contributed by atoms with Gasteiger partial charge in [0.25, 0.3) is 0 Å². The fourth-order valence-electron chi connectivity index (χ4n) is 4.90. The highest BCUT2D eigenvalue weighted by Gasteiger charge is 2.33. The number of sulfonamides is 1. The number of para-hydroxylation sites is 1. The van der Waals surface area contributed by atoms with Crippen LogP contribution >= 0.6 is 0 Å². The molecule has 0 fully saturated rings. The molecule has 234 valence electrons. The first-order chi connectivity index (χ1) is 20.4. The molecule has 0 aliphatic rings. The molecule has 2 atom stereocenters. The van der Waals surface area contributed by atoms with Crippen molar-refractivity contribution in [2.24, 2.45) is 5.92 Å². The SMILES string of the molecule is COC(=O)N[C@@H](Cc1c[nH]c2ccccc12)C(=O)NCCCC[C@@H](CC(=O)O)N(CC(C)C)S(=O)(=O)c1ccc(N)cc1. The molecule has 6 N–H and O–H groups in total. The van der Waals surface area contributed by atoms with Crippen molar-refractivity contribution < 1.29 is 32.6 Å². The van der Waals surface area contributed by atoms with Crippen LogP contribution < -0.4 is 16.4 Å². The summed E-state index contributed by atoms with van der Waals surface area (Å²) < 4.78 is 33.1. The zero-order chi connectivity index (χ0) is 31.6. The molecular weight excluding hydrogens is 574 g/mol. The van der Waals surface area contributed by atoms with Gasteiger partial charge in [-0.1, -0.05) is 38.5 Å². The zero-order valence-electron chi connectivity index (χ0n) is 24.7. The van der Waals surface area contributed by atoms with Gasteiger partial charge >= 0.3 is 12.1 Å². The molecule has 0 saturated carbocycles. The minimum atomic E-state index is -3.99. The number of benzene rings is 2. The number of hydrogen-bond donors (Lipinski definition) is 5. The summed E-state index contributed by atoms with van der Waals surface area (Å²) in [5, 5.41) is 16.0. The average molecular weight is 616 g/mol. The molecule has 2 amide bonds. The summed E-state index contributed by atoms with van der Waals surface area (Å²) in [5.74, 6) is -1.55. The van der Waals surface area contributed by atoms with E-state index in [1.165, 1.54) is 35.7 Å². The number of H-pyrrole nitrogens is 1. The molecule has 0 unspecified atom stereocenters. The van der Waals surface area contributed by atoms with Crippen molar-refractivity contribution in [3.63, 3.8) is 0 Å². The van der Waals surface area contributed by atoms with Gasteiger partial charge in [-0.15, -0.1) is 0 Å². The Hall–Kier alpha value is -4.10. The number of nitrogens with one attached hydrogen (secondary N) is 3. The summed E-state index contributed by atoms with van der Waals surface area (Å²) in [5.41, 5.74) is 7.92. The first kappa shape index (κ1) is 33.4. The van der Waals surface area contributed by atoms with Gasteiger partial charge in [0, 0.05) is 48.3 Å². The van der Waals surface area contributed by atoms with Crippen molar-refractivity contribution in [2.75, 3.05) is 25.9 Å². The van der Waals surface area contributed by atoms with Crippen LogP contribution in [0.5, 0.6) is 0 Å². The number of aromatic nitrogens is 1. The van der Waals surface area contributed by atoms with E-state index in [2.05, 4.69) is 15.6 Å². The van der Waals surface area contributed by atoms with Crippen LogP contribution in [0.3, 0.4) is 0 Å². The summed E-state index contributed by atoms with van der Waals surface area (Å²) in [6.07, 6.45) is 2.15. The highest BCUT2D eigenvalue weighted by Crippen LogP contribution is 2.25. The van der Waals surface area contributed by atoms with E-state index >= 15 is 0 Å². The maximum absolute atomic E-state index is 13.6. The fourth-order valence-corrected chi connectivity index (χ4v) is 6.72. The van der Waals surface area contributed by atoms with Crippen LogP contribution in [-0.2, 0) is 30.8 Å². The summed E-state index contributed by atoms with van der Waals surface area (Å²) in [6.45, 7) is 4.14. The van der Waals surface area contributed by atoms with Crippen molar-refractivity contribution in [2.45, 2.75) is 62.9 Å². The van der Waals surface area contributed by atoms with Crippen LogP contribution in [-0.4, -0.2) is 73.1 Å². The highest BCUT2D eigenvalue weighted by atomic mass is 32.2. The molecule has 1 heterocycles. The second-order valence-electron chi connectivity index (χ2n) is 10.8. The number of amides is 2. The van der Waals surface area contributed by atoms with Gasteiger partial charge in [-0.3, -0.25) is 9.59 Å². The Morgan fingerprint density at radius 3 is 2.42 bits per heavy atom. The van der Waals surface area contributed by atoms with E-state index in [0.717, 1.165) is 16.5 Å². The van der Waals surface area contributed by atoms with Gasteiger partial charge in [0.05, 0.1) is 18.4 Å². The molecule has 0 radical (unpaired) electrons. The van der Waals surface area contributed by atoms with E-state index in [1.54, 1.807) is 6.20 Å². The number of carboxylic acids is 1. The topological polar surface area (TPSA) is 184 Å². The van der Waals surface area contributed by atoms with Crippen molar-refractivity contribution in [1.82, 2.24) is 19.9 Å². The van der Waals surface area contributed by atoms with Crippen LogP contribution in [0.15, 0.2) is 59.6 Å². The Bertz CT molecular complexity index is 1490. The zero-order valence-corrected chi connectivity index (χ0v) is 25.5. The second kappa shape index (κ2) is 15.4. The number of hydrogen-bond acceptors (Lipinski definition) is 7. The molecule has 0 bridgehead atoms. The largest absolute Gasteiger partial charge is 0.481 e. The lowest BCUT2D eigenvalue weighted by Gasteiger charge is -2.31. The van der Waals surface area contributed by atoms with Crippen LogP contribution in [0.4, 0.5) is 10.5 Å². The van der Waals surface area contributed by atoms with Gasteiger partial charge in [-0.25, -0.2) is 13.2 Å². The van der Waals surface area contributed by atoms with Crippen LogP contribution in [0, 0.1) is 5.92 Å². The normalized spacial score (nSPS) is 13.1. The number of anilines is 1. The number of ether oxygens (including phenoxy) is 1. The number of aliphatic carboxylic acids is 1. The molecule has 3 rings (SSSR count). The number of carbonyl (C=O) groups is 3. The maximum atomic E-state index is 13.6. The van der Waals surface area contributed by atoms with Gasteiger partial charge in [0.2, 0.25) is 15.9 Å². The fraction of sp³-hybridized carbons (Fsp3) is 0.433. The van der Waals surface area contributed by atoms with E-state index in [-0.39, 0.29) is 43.2 Å². The Balaban J connectivity index is 1.65. The molecule has 0 spiro atoms. The lowest BCUT2D eigenvalue weighted by molar-refractivity contribution is -0.138. The highest BCUT2D eigenvalue weighted by molar-refractivity contribution is 7.89. The van der Waals surface area contributed by atoms with E-state index < -0.39 is 40.1 Å². The third-order valence-electron chi connectivity index (χ3n) is 7.01. The number of nitrogen functional groups attached to an aromatic ring is 1. The second-order valence-corrected chi connectivity index (χ2v) is 12.7. The maximum Gasteiger partial charge on any atom is 0.407 e. The molecule has 13 heteroatoms. The van der Waals surface area contributed by atoms with Crippen molar-refractivity contribution in [3.05, 3.63) is 60.3 Å². The molecule has 2 aromatic carbocycles. The third-order valence-corrected chi connectivity index (χ3v) is 8.94. The number of carboxylic acid groups (broad SMARTS) is 1. The number of fused-ring (bicyclic) bond motifs is 1. The van der Waals surface area contributed by atoms with E-state index in [4.69, 9.17) is 10.5 Å². The number of aromatic amines is 1. The molecule has 12 nitrogen and oxygen atoms in total. The smallest absolute Gasteiger partial charge is 0.407 e. The monoisotopic (exact) mass is 615 g/mol. The number of carbonyl (C=O) groups excluding carboxylic acids is 2. The summed E-state index contributed by atoms with van der Waals surface area (Å²) in [4.78, 5) is 40.0. The standard InChI is InChI=1S/C30H41N5O7S/c1-20(2)19-35(43(40,41)24-13-11-22(31)12-14-24)23(17-28(36)37)8-6-7-15-32-29(38)27(34-30(39)42-3)16-21-18-33-26-10-5-4-9-25(21)26/h4-5,9-14,18,20,23,27,33H,6-8,15-17,19,31H2,1-3H3,(H,32,38)(H,34,39)(H,36,37)/t23-,27-/m0/s1. The first-order valence-electron chi connectivity index (χ1n) is 14.2. The minimum Gasteiger partial charge on any atom is -0.481 e. The van der Waals surface area contributed by atoms with Gasteiger partial charge < -0.3 is 31.2 Å². The van der Waals surface area contributed by atoms with Gasteiger partial charge in [0.15, 0.2) is 0 Å². The molecule has 0 aliphatic carbocycles. The lowest BCUT2D eigenvalue weighted by Crippen LogP contribution is -2.48. The molecule has 1 aromatic heterocycles. The lowest BCUT2D eigenvalue weighted by atomic mass is 10.0. The predicted octanol–water partition coefficient (Wildman–Crippen LogP) is 3.49. The third kappa shape index (κ3) is 9.45. The quantitative estimate of drug-likeness (QED) is 0.120. The summed E-state index contributed by atoms with van der Waals surface area (Å²) >= 11 is 0. The number of nitrogens with two attached hydrogens (primary N) is 1. The van der Waals surface area contributed by atoms with Crippen molar-refractivity contribution in [1.29, 1.82) is 0 Å². The van der Waals surface area contributed by atoms with Crippen LogP contribution in [0.1, 0.15) is 45.1 Å². The number of rotatable bonds is 16. The van der Waals surface area contributed by atoms with Crippen molar-refractivity contribution in [3.8, 4) is 0 Å².